The van der Waals surface area contributed by atoms with Crippen LogP contribution in [0.1, 0.15) is 45.4 Å². The van der Waals surface area contributed by atoms with Crippen molar-refractivity contribution >= 4 is 16.8 Å². The molecule has 2 aliphatic carbocycles. The highest BCUT2D eigenvalue weighted by Gasteiger charge is 2.56. The van der Waals surface area contributed by atoms with Crippen molar-refractivity contribution in [2.75, 3.05) is 20.8 Å². The molecule has 0 spiro atoms. The van der Waals surface area contributed by atoms with Crippen LogP contribution in [-0.2, 0) is 4.74 Å². The van der Waals surface area contributed by atoms with E-state index in [4.69, 9.17) is 9.73 Å². The zero-order valence-corrected chi connectivity index (χ0v) is 16.0. The highest BCUT2D eigenvalue weighted by molar-refractivity contribution is 8.15. The third-order valence-electron chi connectivity index (χ3n) is 6.29. The van der Waals surface area contributed by atoms with Gasteiger partial charge in [0.25, 0.3) is 0 Å². The van der Waals surface area contributed by atoms with Crippen molar-refractivity contribution < 1.29 is 4.74 Å². The summed E-state index contributed by atoms with van der Waals surface area (Å²) in [6, 6.07) is 0.711. The van der Waals surface area contributed by atoms with Crippen LogP contribution < -0.4 is 5.32 Å². The topological polar surface area (TPSA) is 36.9 Å². The summed E-state index contributed by atoms with van der Waals surface area (Å²) in [5.41, 5.74) is 1.45. The van der Waals surface area contributed by atoms with Crippen molar-refractivity contribution in [3.8, 4) is 0 Å². The first-order valence-electron chi connectivity index (χ1n) is 9.33. The minimum atomic E-state index is 0.112. The summed E-state index contributed by atoms with van der Waals surface area (Å²) < 4.78 is 6.50. The first kappa shape index (κ1) is 16.6. The molecule has 0 radical (unpaired) electrons. The fraction of sp³-hybridized carbons (Fsp3) is 0.789. The van der Waals surface area contributed by atoms with Gasteiger partial charge in [-0.05, 0) is 59.5 Å². The molecule has 0 bridgehead atoms. The number of nitrogens with one attached hydrogen (secondary N) is 1. The molecule has 4 nitrogen and oxygen atoms in total. The second kappa shape index (κ2) is 6.17. The molecule has 0 aromatic rings. The van der Waals surface area contributed by atoms with Crippen molar-refractivity contribution in [3.63, 3.8) is 0 Å². The second-order valence-electron chi connectivity index (χ2n) is 8.38. The molecule has 2 aliphatic heterocycles. The molecule has 4 rings (SSSR count). The number of ether oxygens (including phenoxy) is 1. The van der Waals surface area contributed by atoms with Gasteiger partial charge in [0.05, 0.1) is 12.5 Å². The van der Waals surface area contributed by atoms with Gasteiger partial charge in [-0.25, -0.2) is 0 Å². The Bertz CT molecular complexity index is 561. The van der Waals surface area contributed by atoms with Gasteiger partial charge in [0.2, 0.25) is 0 Å². The van der Waals surface area contributed by atoms with Gasteiger partial charge in [0, 0.05) is 17.2 Å². The first-order valence-corrected chi connectivity index (χ1v) is 10.2. The molecule has 24 heavy (non-hydrogen) atoms. The zero-order chi connectivity index (χ0) is 16.9. The quantitative estimate of drug-likeness (QED) is 0.793. The number of hydrogen-bond donors (Lipinski definition) is 1. The van der Waals surface area contributed by atoms with E-state index < -0.39 is 0 Å². The lowest BCUT2D eigenvalue weighted by Crippen LogP contribution is -2.37. The van der Waals surface area contributed by atoms with Crippen LogP contribution in [0.15, 0.2) is 16.4 Å². The molecular formula is C19H30N3OS+. The van der Waals surface area contributed by atoms with E-state index in [2.05, 4.69) is 38.2 Å². The Morgan fingerprint density at radius 1 is 1.25 bits per heavy atom. The molecule has 0 aromatic carbocycles. The molecule has 0 aromatic heterocycles. The normalized spacial score (nSPS) is 41.8. The molecule has 0 amide bonds. The van der Waals surface area contributed by atoms with E-state index in [-0.39, 0.29) is 5.41 Å². The van der Waals surface area contributed by atoms with Crippen LogP contribution in [0, 0.1) is 18.3 Å². The Kier molecular flexibility index (Phi) is 4.28. The van der Waals surface area contributed by atoms with Crippen LogP contribution in [0.2, 0.25) is 0 Å². The number of rotatable bonds is 3. The highest BCUT2D eigenvalue weighted by Crippen LogP contribution is 2.58. The highest BCUT2D eigenvalue weighted by atomic mass is 32.2. The molecule has 4 aliphatic rings. The predicted octanol–water partition coefficient (Wildman–Crippen LogP) is 3.41. The Balaban J connectivity index is 1.52. The number of hydrogen-bond acceptors (Lipinski definition) is 5. The van der Waals surface area contributed by atoms with Crippen molar-refractivity contribution in [1.29, 1.82) is 0 Å². The molecule has 1 saturated heterocycles. The SMILES string of the molecule is [CH2+]C1(C)CCC2SC3=NCNC(OC4CCC(N(C)C)CC4)=C3C21. The van der Waals surface area contributed by atoms with Gasteiger partial charge < -0.3 is 15.0 Å². The lowest BCUT2D eigenvalue weighted by Gasteiger charge is -2.34. The van der Waals surface area contributed by atoms with Gasteiger partial charge in [-0.1, -0.05) is 0 Å². The minimum Gasteiger partial charge on any atom is -0.476 e. The maximum absolute atomic E-state index is 6.50. The fourth-order valence-electron chi connectivity index (χ4n) is 4.83. The summed E-state index contributed by atoms with van der Waals surface area (Å²) in [6.07, 6.45) is 7.56. The van der Waals surface area contributed by atoms with Crippen molar-refractivity contribution in [1.82, 2.24) is 10.2 Å². The van der Waals surface area contributed by atoms with Crippen LogP contribution >= 0.6 is 11.8 Å². The molecule has 3 atom stereocenters. The first-order chi connectivity index (χ1) is 11.5. The van der Waals surface area contributed by atoms with Crippen LogP contribution in [0.25, 0.3) is 0 Å². The molecular weight excluding hydrogens is 318 g/mol. The molecule has 3 unspecified atom stereocenters. The largest absolute Gasteiger partial charge is 0.476 e. The van der Waals surface area contributed by atoms with Crippen LogP contribution in [0.5, 0.6) is 0 Å². The Morgan fingerprint density at radius 3 is 2.71 bits per heavy atom. The Hall–Kier alpha value is -0.810. The summed E-state index contributed by atoms with van der Waals surface area (Å²) in [5, 5.41) is 5.30. The van der Waals surface area contributed by atoms with Gasteiger partial charge in [-0.3, -0.25) is 4.99 Å². The molecule has 3 fully saturated rings. The average molecular weight is 349 g/mol. The Labute approximate surface area is 150 Å². The van der Waals surface area contributed by atoms with E-state index >= 15 is 0 Å². The van der Waals surface area contributed by atoms with E-state index in [1.54, 1.807) is 0 Å². The van der Waals surface area contributed by atoms with Gasteiger partial charge in [0.1, 0.15) is 23.2 Å². The van der Waals surface area contributed by atoms with Crippen molar-refractivity contribution in [3.05, 3.63) is 18.4 Å². The van der Waals surface area contributed by atoms with Crippen molar-refractivity contribution in [2.24, 2.45) is 16.3 Å². The molecule has 2 saturated carbocycles. The fourth-order valence-corrected chi connectivity index (χ4v) is 6.44. The molecule has 2 heterocycles. The van der Waals surface area contributed by atoms with E-state index in [9.17, 15) is 0 Å². The molecule has 5 heteroatoms. The number of fused-ring (bicyclic) bond motifs is 3. The monoisotopic (exact) mass is 348 g/mol. The van der Waals surface area contributed by atoms with Crippen LogP contribution in [0.4, 0.5) is 0 Å². The van der Waals surface area contributed by atoms with E-state index in [0.717, 1.165) is 18.7 Å². The third-order valence-corrected chi connectivity index (χ3v) is 7.68. The van der Waals surface area contributed by atoms with Crippen LogP contribution in [0.3, 0.4) is 0 Å². The van der Waals surface area contributed by atoms with Crippen molar-refractivity contribution in [2.45, 2.75) is 62.8 Å². The third kappa shape index (κ3) is 2.84. The molecule has 132 valence electrons. The van der Waals surface area contributed by atoms with Crippen LogP contribution in [-0.4, -0.2) is 48.1 Å². The summed E-state index contributed by atoms with van der Waals surface area (Å²) in [4.78, 5) is 7.07. The number of nitrogens with zero attached hydrogens (tertiary/aromatic N) is 2. The summed E-state index contributed by atoms with van der Waals surface area (Å²) in [5.74, 6) is 1.51. The maximum Gasteiger partial charge on any atom is 0.194 e. The maximum atomic E-state index is 6.50. The summed E-state index contributed by atoms with van der Waals surface area (Å²) in [6.45, 7) is 7.48. The van der Waals surface area contributed by atoms with E-state index in [0.29, 0.717) is 30.0 Å². The smallest absolute Gasteiger partial charge is 0.194 e. The number of aliphatic imine (C=N–C) groups is 1. The zero-order valence-electron chi connectivity index (χ0n) is 15.2. The standard InChI is InChI=1S/C19H30N3OS/c1-19(2)10-9-14-16(19)15-17(20-11-21-18(15)24-14)23-13-7-5-12(6-8-13)22(3)4/h12-14,16,20H,1,5-11H2,2-4H3/q+1. The minimum absolute atomic E-state index is 0.112. The predicted molar refractivity (Wildman–Crippen MR) is 101 cm³/mol. The lowest BCUT2D eigenvalue weighted by molar-refractivity contribution is 0.0460. The Morgan fingerprint density at radius 2 is 2.00 bits per heavy atom. The summed E-state index contributed by atoms with van der Waals surface area (Å²) >= 11 is 1.96. The summed E-state index contributed by atoms with van der Waals surface area (Å²) in [7, 11) is 4.37. The van der Waals surface area contributed by atoms with Gasteiger partial charge in [-0.2, -0.15) is 0 Å². The number of thioether (sulfide) groups is 1. The van der Waals surface area contributed by atoms with Gasteiger partial charge in [-0.15, -0.1) is 11.8 Å². The second-order valence-corrected chi connectivity index (χ2v) is 9.61. The van der Waals surface area contributed by atoms with Gasteiger partial charge >= 0.3 is 0 Å². The molecule has 1 N–H and O–H groups in total. The van der Waals surface area contributed by atoms with Gasteiger partial charge in [0.15, 0.2) is 5.88 Å². The lowest BCUT2D eigenvalue weighted by atomic mass is 9.77. The average Bonchev–Trinajstić information content (AvgIpc) is 3.06. The van der Waals surface area contributed by atoms with E-state index in [1.807, 2.05) is 11.8 Å². The van der Waals surface area contributed by atoms with E-state index in [1.165, 1.54) is 36.3 Å².